The van der Waals surface area contributed by atoms with Gasteiger partial charge in [-0.05, 0) is 41.8 Å². The minimum Gasteiger partial charge on any atom is -0.493 e. The van der Waals surface area contributed by atoms with Crippen LogP contribution in [0.3, 0.4) is 0 Å². The molecule has 0 aliphatic rings. The van der Waals surface area contributed by atoms with Crippen LogP contribution in [0.25, 0.3) is 0 Å². The molecule has 2 amide bonds. The summed E-state index contributed by atoms with van der Waals surface area (Å²) in [6.45, 7) is 0.405. The van der Waals surface area contributed by atoms with E-state index in [0.717, 1.165) is 11.1 Å². The average molecular weight is 370 g/mol. The van der Waals surface area contributed by atoms with E-state index in [1.807, 2.05) is 18.2 Å². The van der Waals surface area contributed by atoms with E-state index in [2.05, 4.69) is 20.8 Å². The normalized spacial score (nSPS) is 10.4. The molecule has 0 saturated heterocycles. The second-order valence-corrected chi connectivity index (χ2v) is 5.54. The molecular weight excluding hydrogens is 348 g/mol. The van der Waals surface area contributed by atoms with Crippen LogP contribution in [0, 0.1) is 0 Å². The third kappa shape index (κ3) is 6.77. The summed E-state index contributed by atoms with van der Waals surface area (Å²) in [6.07, 6.45) is 5.03. The van der Waals surface area contributed by atoms with Gasteiger partial charge in [0.25, 0.3) is 0 Å². The van der Waals surface area contributed by atoms with Crippen molar-refractivity contribution >= 4 is 18.0 Å². The van der Waals surface area contributed by atoms with Crippen molar-refractivity contribution in [2.24, 2.45) is 5.10 Å². The highest BCUT2D eigenvalue weighted by atomic mass is 16.5. The fourth-order valence-electron chi connectivity index (χ4n) is 2.26. The van der Waals surface area contributed by atoms with Crippen molar-refractivity contribution in [2.45, 2.75) is 12.8 Å². The lowest BCUT2D eigenvalue weighted by molar-refractivity contribution is -0.129. The highest BCUT2D eigenvalue weighted by molar-refractivity contribution is 5.97. The van der Waals surface area contributed by atoms with Crippen molar-refractivity contribution in [1.29, 1.82) is 0 Å². The maximum absolute atomic E-state index is 11.8. The van der Waals surface area contributed by atoms with E-state index in [1.165, 1.54) is 6.21 Å². The van der Waals surface area contributed by atoms with Gasteiger partial charge in [0.1, 0.15) is 6.42 Å². The third-order valence-corrected chi connectivity index (χ3v) is 3.61. The number of rotatable bonds is 9. The lowest BCUT2D eigenvalue weighted by Gasteiger charge is -2.10. The van der Waals surface area contributed by atoms with Crippen molar-refractivity contribution in [1.82, 2.24) is 15.7 Å². The molecule has 0 unspecified atom stereocenters. The first-order chi connectivity index (χ1) is 13.1. The zero-order chi connectivity index (χ0) is 19.5. The molecule has 2 rings (SSSR count). The van der Waals surface area contributed by atoms with E-state index in [-0.39, 0.29) is 12.3 Å². The maximum Gasteiger partial charge on any atom is 0.249 e. The molecule has 1 aromatic heterocycles. The zero-order valence-electron chi connectivity index (χ0n) is 15.3. The summed E-state index contributed by atoms with van der Waals surface area (Å²) in [5.74, 6) is 0.429. The summed E-state index contributed by atoms with van der Waals surface area (Å²) in [5.41, 5.74) is 4.10. The summed E-state index contributed by atoms with van der Waals surface area (Å²) in [7, 11) is 3.14. The molecule has 1 aromatic carbocycles. The van der Waals surface area contributed by atoms with Gasteiger partial charge in [-0.1, -0.05) is 6.07 Å². The van der Waals surface area contributed by atoms with Crippen molar-refractivity contribution in [3.8, 4) is 11.5 Å². The van der Waals surface area contributed by atoms with E-state index < -0.39 is 5.91 Å². The van der Waals surface area contributed by atoms with Crippen LogP contribution in [0.1, 0.15) is 17.5 Å². The monoisotopic (exact) mass is 370 g/mol. The Bertz CT molecular complexity index is 794. The van der Waals surface area contributed by atoms with Gasteiger partial charge in [-0.15, -0.1) is 0 Å². The number of carbonyl (C=O) groups excluding carboxylic acids is 2. The minimum atomic E-state index is -0.482. The van der Waals surface area contributed by atoms with Crippen LogP contribution in [-0.4, -0.2) is 43.8 Å². The predicted octanol–water partition coefficient (Wildman–Crippen LogP) is 1.30. The van der Waals surface area contributed by atoms with Gasteiger partial charge in [-0.2, -0.15) is 5.10 Å². The second kappa shape index (κ2) is 10.5. The van der Waals surface area contributed by atoms with Crippen LogP contribution < -0.4 is 20.2 Å². The molecule has 142 valence electrons. The Kier molecular flexibility index (Phi) is 7.77. The lowest BCUT2D eigenvalue weighted by Crippen LogP contribution is -2.31. The molecule has 27 heavy (non-hydrogen) atoms. The molecule has 2 aromatic rings. The predicted molar refractivity (Wildman–Crippen MR) is 101 cm³/mol. The number of methoxy groups -OCH3 is 2. The summed E-state index contributed by atoms with van der Waals surface area (Å²) < 4.78 is 10.4. The molecular formula is C19H22N4O4. The van der Waals surface area contributed by atoms with Gasteiger partial charge >= 0.3 is 0 Å². The number of ether oxygens (including phenoxy) is 2. The number of hydrogen-bond acceptors (Lipinski definition) is 6. The Morgan fingerprint density at radius 3 is 2.52 bits per heavy atom. The summed E-state index contributed by atoms with van der Waals surface area (Å²) in [5, 5.41) is 6.50. The lowest BCUT2D eigenvalue weighted by atomic mass is 10.1. The fraction of sp³-hybridized carbons (Fsp3) is 0.263. The van der Waals surface area contributed by atoms with E-state index in [4.69, 9.17) is 9.47 Å². The van der Waals surface area contributed by atoms with Crippen LogP contribution in [0.4, 0.5) is 0 Å². The van der Waals surface area contributed by atoms with Gasteiger partial charge in [0.15, 0.2) is 11.5 Å². The van der Waals surface area contributed by atoms with Gasteiger partial charge in [0, 0.05) is 18.9 Å². The van der Waals surface area contributed by atoms with Gasteiger partial charge in [-0.25, -0.2) is 5.43 Å². The SMILES string of the molecule is COc1ccc(CCNC(=O)CC(=O)N/N=C\c2ccncc2)cc1OC. The number of aromatic nitrogens is 1. The Labute approximate surface area is 157 Å². The minimum absolute atomic E-state index is 0.292. The second-order valence-electron chi connectivity index (χ2n) is 5.54. The van der Waals surface area contributed by atoms with E-state index >= 15 is 0 Å². The summed E-state index contributed by atoms with van der Waals surface area (Å²) in [6, 6.07) is 9.05. The van der Waals surface area contributed by atoms with Gasteiger partial charge in [0.2, 0.25) is 11.8 Å². The van der Waals surface area contributed by atoms with Crippen molar-refractivity contribution in [3.63, 3.8) is 0 Å². The first-order valence-corrected chi connectivity index (χ1v) is 8.32. The smallest absolute Gasteiger partial charge is 0.249 e. The van der Waals surface area contributed by atoms with Gasteiger partial charge in [0.05, 0.1) is 20.4 Å². The first kappa shape index (κ1) is 19.9. The van der Waals surface area contributed by atoms with Crippen LogP contribution in [0.5, 0.6) is 11.5 Å². The number of pyridine rings is 1. The van der Waals surface area contributed by atoms with Crippen LogP contribution in [0.2, 0.25) is 0 Å². The number of benzene rings is 1. The average Bonchev–Trinajstić information content (AvgIpc) is 2.68. The first-order valence-electron chi connectivity index (χ1n) is 8.32. The van der Waals surface area contributed by atoms with Crippen LogP contribution in [0.15, 0.2) is 47.8 Å². The highest BCUT2D eigenvalue weighted by Gasteiger charge is 2.09. The Hall–Kier alpha value is -3.42. The third-order valence-electron chi connectivity index (χ3n) is 3.61. The van der Waals surface area contributed by atoms with E-state index in [0.29, 0.717) is 24.5 Å². The molecule has 1 heterocycles. The van der Waals surface area contributed by atoms with E-state index in [9.17, 15) is 9.59 Å². The molecule has 0 radical (unpaired) electrons. The molecule has 0 aliphatic heterocycles. The van der Waals surface area contributed by atoms with Crippen molar-refractivity contribution in [2.75, 3.05) is 20.8 Å². The van der Waals surface area contributed by atoms with Gasteiger partial charge < -0.3 is 14.8 Å². The number of amides is 2. The summed E-state index contributed by atoms with van der Waals surface area (Å²) >= 11 is 0. The highest BCUT2D eigenvalue weighted by Crippen LogP contribution is 2.27. The largest absolute Gasteiger partial charge is 0.493 e. The Morgan fingerprint density at radius 1 is 1.07 bits per heavy atom. The number of nitrogens with zero attached hydrogens (tertiary/aromatic N) is 2. The molecule has 0 fully saturated rings. The molecule has 0 spiro atoms. The number of nitrogens with one attached hydrogen (secondary N) is 2. The van der Waals surface area contributed by atoms with Gasteiger partial charge in [-0.3, -0.25) is 14.6 Å². The molecule has 8 heteroatoms. The molecule has 8 nitrogen and oxygen atoms in total. The number of carbonyl (C=O) groups is 2. The topological polar surface area (TPSA) is 102 Å². The Morgan fingerprint density at radius 2 is 1.81 bits per heavy atom. The standard InChI is InChI=1S/C19H22N4O4/c1-26-16-4-3-14(11-17(16)27-2)7-10-21-18(24)12-19(25)23-22-13-15-5-8-20-9-6-15/h3-6,8-9,11,13H,7,10,12H2,1-2H3,(H,21,24)(H,23,25)/b22-13-. The van der Waals surface area contributed by atoms with Crippen molar-refractivity contribution in [3.05, 3.63) is 53.9 Å². The van der Waals surface area contributed by atoms with Crippen LogP contribution in [-0.2, 0) is 16.0 Å². The quantitative estimate of drug-likeness (QED) is 0.394. The van der Waals surface area contributed by atoms with Crippen LogP contribution >= 0.6 is 0 Å². The molecule has 0 aliphatic carbocycles. The molecule has 0 atom stereocenters. The summed E-state index contributed by atoms with van der Waals surface area (Å²) in [4.78, 5) is 27.4. The Balaban J connectivity index is 1.71. The number of hydrogen-bond donors (Lipinski definition) is 2. The van der Waals surface area contributed by atoms with E-state index in [1.54, 1.807) is 38.7 Å². The molecule has 0 bridgehead atoms. The molecule has 2 N–H and O–H groups in total. The fourth-order valence-corrected chi connectivity index (χ4v) is 2.26. The zero-order valence-corrected chi connectivity index (χ0v) is 15.3. The molecule has 0 saturated carbocycles. The van der Waals surface area contributed by atoms with Crippen molar-refractivity contribution < 1.29 is 19.1 Å². The number of hydrazone groups is 1. The maximum atomic E-state index is 11.8.